The minimum Gasteiger partial charge on any atom is -0.352 e. The Bertz CT molecular complexity index is 553. The molecule has 1 saturated heterocycles. The molecular weight excluding hydrogens is 296 g/mol. The highest BCUT2D eigenvalue weighted by atomic mass is 32.2. The van der Waals surface area contributed by atoms with E-state index in [4.69, 9.17) is 5.26 Å². The van der Waals surface area contributed by atoms with Crippen molar-refractivity contribution in [3.63, 3.8) is 0 Å². The maximum Gasteiger partial charge on any atom is 0.234 e. The van der Waals surface area contributed by atoms with Gasteiger partial charge in [0.2, 0.25) is 5.91 Å². The second-order valence-corrected chi connectivity index (χ2v) is 7.17. The summed E-state index contributed by atoms with van der Waals surface area (Å²) in [5.41, 5.74) is 1.22. The van der Waals surface area contributed by atoms with Gasteiger partial charge in [0.25, 0.3) is 0 Å². The Morgan fingerprint density at radius 1 is 1.36 bits per heavy atom. The zero-order chi connectivity index (χ0) is 15.4. The molecule has 3 rings (SSSR count). The molecule has 116 valence electrons. The van der Waals surface area contributed by atoms with Crippen molar-refractivity contribution in [3.05, 3.63) is 35.9 Å². The van der Waals surface area contributed by atoms with Gasteiger partial charge in [-0.25, -0.2) is 0 Å². The van der Waals surface area contributed by atoms with Crippen molar-refractivity contribution in [2.24, 2.45) is 5.92 Å². The van der Waals surface area contributed by atoms with Crippen LogP contribution < -0.4 is 16.0 Å². The van der Waals surface area contributed by atoms with E-state index >= 15 is 0 Å². The Morgan fingerprint density at radius 3 is 2.86 bits per heavy atom. The third-order valence-electron chi connectivity index (χ3n) is 4.24. The molecule has 0 radical (unpaired) electrons. The number of nitrogens with zero attached hydrogens (tertiary/aromatic N) is 1. The fourth-order valence-electron chi connectivity index (χ4n) is 2.96. The van der Waals surface area contributed by atoms with Gasteiger partial charge in [0.15, 0.2) is 6.19 Å². The van der Waals surface area contributed by atoms with Gasteiger partial charge in [-0.1, -0.05) is 30.3 Å². The lowest BCUT2D eigenvalue weighted by molar-refractivity contribution is -0.121. The topological polar surface area (TPSA) is 77.0 Å². The Hall–Kier alpha value is -1.71. The number of carbonyl (C=O) groups excluding carboxylic acids is 1. The molecule has 2 fully saturated rings. The molecular formula is C16H20N4OS. The number of hydrogen-bond donors (Lipinski definition) is 3. The first-order chi connectivity index (χ1) is 10.8. The van der Waals surface area contributed by atoms with E-state index in [1.807, 2.05) is 24.4 Å². The summed E-state index contributed by atoms with van der Waals surface area (Å²) in [6.45, 7) is 1.43. The van der Waals surface area contributed by atoms with Gasteiger partial charge in [-0.05, 0) is 24.3 Å². The molecule has 6 heteroatoms. The predicted molar refractivity (Wildman–Crippen MR) is 86.8 cm³/mol. The fraction of sp³-hybridized carbons (Fsp3) is 0.500. The summed E-state index contributed by atoms with van der Waals surface area (Å²) in [4.78, 5) is 12.3. The molecule has 1 aromatic rings. The number of benzene rings is 1. The molecule has 3 N–H and O–H groups in total. The average molecular weight is 316 g/mol. The quantitative estimate of drug-likeness (QED) is 0.565. The van der Waals surface area contributed by atoms with Crippen LogP contribution in [0.5, 0.6) is 0 Å². The third kappa shape index (κ3) is 3.54. The van der Waals surface area contributed by atoms with E-state index in [1.54, 1.807) is 11.8 Å². The molecule has 0 aromatic heterocycles. The Morgan fingerprint density at radius 2 is 2.14 bits per heavy atom. The van der Waals surface area contributed by atoms with E-state index < -0.39 is 0 Å². The Labute approximate surface area is 134 Å². The summed E-state index contributed by atoms with van der Waals surface area (Å²) in [5, 5.41) is 17.9. The van der Waals surface area contributed by atoms with Crippen LogP contribution in [0.4, 0.5) is 0 Å². The highest BCUT2D eigenvalue weighted by molar-refractivity contribution is 8.01. The second-order valence-electron chi connectivity index (χ2n) is 5.86. The van der Waals surface area contributed by atoms with Crippen molar-refractivity contribution in [2.75, 3.05) is 13.1 Å². The summed E-state index contributed by atoms with van der Waals surface area (Å²) < 4.78 is 0. The molecule has 1 aliphatic heterocycles. The molecule has 22 heavy (non-hydrogen) atoms. The number of thioether (sulfide) groups is 1. The number of hydrogen-bond acceptors (Lipinski definition) is 5. The lowest BCUT2D eigenvalue weighted by Gasteiger charge is -2.35. The maximum absolute atomic E-state index is 12.3. The van der Waals surface area contributed by atoms with E-state index in [9.17, 15) is 4.79 Å². The number of amides is 1. The monoisotopic (exact) mass is 316 g/mol. The first kappa shape index (κ1) is 15.2. The number of rotatable bonds is 5. The van der Waals surface area contributed by atoms with Gasteiger partial charge >= 0.3 is 0 Å². The number of nitriles is 1. The average Bonchev–Trinajstić information content (AvgIpc) is 3.00. The first-order valence-corrected chi connectivity index (χ1v) is 8.56. The summed E-state index contributed by atoms with van der Waals surface area (Å²) in [6, 6.07) is 10.5. The SMILES string of the molecule is N#CNCC1CC(NC(=O)C2CNC(c3ccccc3)S2)C1. The number of nitrogens with one attached hydrogen (secondary N) is 3. The smallest absolute Gasteiger partial charge is 0.234 e. The summed E-state index contributed by atoms with van der Waals surface area (Å²) in [7, 11) is 0. The molecule has 2 aliphatic rings. The highest BCUT2D eigenvalue weighted by Gasteiger charge is 2.35. The van der Waals surface area contributed by atoms with E-state index in [0.717, 1.165) is 19.4 Å². The van der Waals surface area contributed by atoms with Crippen molar-refractivity contribution in [1.82, 2.24) is 16.0 Å². The van der Waals surface area contributed by atoms with Crippen molar-refractivity contribution in [2.45, 2.75) is 29.5 Å². The van der Waals surface area contributed by atoms with Gasteiger partial charge in [-0.3, -0.25) is 10.1 Å². The molecule has 1 saturated carbocycles. The molecule has 1 amide bonds. The van der Waals surface area contributed by atoms with E-state index in [2.05, 4.69) is 28.1 Å². The predicted octanol–water partition coefficient (Wildman–Crippen LogP) is 1.36. The van der Waals surface area contributed by atoms with Crippen LogP contribution >= 0.6 is 11.8 Å². The fourth-order valence-corrected chi connectivity index (χ4v) is 4.18. The summed E-state index contributed by atoms with van der Waals surface area (Å²) >= 11 is 1.68. The largest absolute Gasteiger partial charge is 0.352 e. The van der Waals surface area contributed by atoms with Crippen LogP contribution in [0.1, 0.15) is 23.8 Å². The summed E-state index contributed by atoms with van der Waals surface area (Å²) in [5.74, 6) is 0.643. The second kappa shape index (κ2) is 7.03. The van der Waals surface area contributed by atoms with Crippen LogP contribution in [0.2, 0.25) is 0 Å². The van der Waals surface area contributed by atoms with Crippen molar-refractivity contribution in [1.29, 1.82) is 5.26 Å². The van der Waals surface area contributed by atoms with Crippen LogP contribution in [0.25, 0.3) is 0 Å². The van der Waals surface area contributed by atoms with Crippen molar-refractivity contribution >= 4 is 17.7 Å². The molecule has 1 aromatic carbocycles. The van der Waals surface area contributed by atoms with Crippen molar-refractivity contribution in [3.8, 4) is 6.19 Å². The van der Waals surface area contributed by atoms with Gasteiger partial charge in [0.1, 0.15) is 0 Å². The zero-order valence-electron chi connectivity index (χ0n) is 12.3. The Kier molecular flexibility index (Phi) is 4.86. The zero-order valence-corrected chi connectivity index (χ0v) is 13.1. The van der Waals surface area contributed by atoms with Crippen LogP contribution in [0.15, 0.2) is 30.3 Å². The van der Waals surface area contributed by atoms with E-state index in [0.29, 0.717) is 12.5 Å². The lowest BCUT2D eigenvalue weighted by atomic mass is 9.80. The van der Waals surface area contributed by atoms with Crippen LogP contribution in [-0.2, 0) is 4.79 Å². The molecule has 2 unspecified atom stereocenters. The third-order valence-corrected chi connectivity index (χ3v) is 5.66. The minimum atomic E-state index is -0.0264. The van der Waals surface area contributed by atoms with Crippen LogP contribution in [0, 0.1) is 17.4 Å². The molecule has 5 nitrogen and oxygen atoms in total. The molecule has 0 bridgehead atoms. The maximum atomic E-state index is 12.3. The molecule has 1 aliphatic carbocycles. The van der Waals surface area contributed by atoms with Crippen LogP contribution in [0.3, 0.4) is 0 Å². The van der Waals surface area contributed by atoms with Gasteiger partial charge in [0.05, 0.1) is 10.6 Å². The van der Waals surface area contributed by atoms with E-state index in [-0.39, 0.29) is 22.6 Å². The normalized spacial score (nSPS) is 30.1. The van der Waals surface area contributed by atoms with Gasteiger partial charge < -0.3 is 10.6 Å². The van der Waals surface area contributed by atoms with Crippen molar-refractivity contribution < 1.29 is 4.79 Å². The van der Waals surface area contributed by atoms with Gasteiger partial charge in [-0.15, -0.1) is 11.8 Å². The summed E-state index contributed by atoms with van der Waals surface area (Å²) in [6.07, 6.45) is 3.87. The van der Waals surface area contributed by atoms with Gasteiger partial charge in [0, 0.05) is 19.1 Å². The number of carbonyl (C=O) groups is 1. The lowest BCUT2D eigenvalue weighted by Crippen LogP contribution is -2.49. The van der Waals surface area contributed by atoms with E-state index in [1.165, 1.54) is 5.56 Å². The van der Waals surface area contributed by atoms with Crippen LogP contribution in [-0.4, -0.2) is 30.3 Å². The van der Waals surface area contributed by atoms with Gasteiger partial charge in [-0.2, -0.15) is 5.26 Å². The molecule has 0 spiro atoms. The standard InChI is InChI=1S/C16H20N4OS/c17-10-18-8-11-6-13(7-11)20-15(21)14-9-19-16(22-14)12-4-2-1-3-5-12/h1-5,11,13-14,16,18-19H,6-9H2,(H,20,21). The highest BCUT2D eigenvalue weighted by Crippen LogP contribution is 2.35. The first-order valence-electron chi connectivity index (χ1n) is 7.62. The molecule has 2 atom stereocenters. The minimum absolute atomic E-state index is 0.0264. The Balaban J connectivity index is 1.42. The molecule has 1 heterocycles.